The van der Waals surface area contributed by atoms with Gasteiger partial charge in [-0.3, -0.25) is 0 Å². The number of hydrogen-bond donors (Lipinski definition) is 1. The van der Waals surface area contributed by atoms with E-state index < -0.39 is 0 Å². The van der Waals surface area contributed by atoms with Crippen molar-refractivity contribution in [2.24, 2.45) is 0 Å². The van der Waals surface area contributed by atoms with Crippen LogP contribution in [0, 0.1) is 0 Å². The average molecular weight is 301 g/mol. The van der Waals surface area contributed by atoms with Crippen LogP contribution in [0.3, 0.4) is 0 Å². The maximum Gasteiger partial charge on any atom is 0.0865 e. The molecule has 0 heterocycles. The van der Waals surface area contributed by atoms with Gasteiger partial charge in [-0.25, -0.2) is 0 Å². The summed E-state index contributed by atoms with van der Waals surface area (Å²) < 4.78 is 1.21. The molecule has 2 heteroatoms. The Kier molecular flexibility index (Phi) is 10.6. The molecule has 0 spiro atoms. The number of quaternary nitrogens is 1. The van der Waals surface area contributed by atoms with Crippen molar-refractivity contribution in [2.45, 2.75) is 118 Å². The fourth-order valence-electron chi connectivity index (χ4n) is 4.35. The fraction of sp³-hybridized carbons (Fsp3) is 1.00. The third-order valence-corrected chi connectivity index (χ3v) is 5.52. The Labute approximate surface area is 134 Å². The van der Waals surface area contributed by atoms with Gasteiger partial charge in [0.1, 0.15) is 0 Å². The van der Waals surface area contributed by atoms with Crippen LogP contribution in [-0.2, 0) is 0 Å². The summed E-state index contributed by atoms with van der Waals surface area (Å²) in [6, 6.07) is 2.07. The summed E-state index contributed by atoms with van der Waals surface area (Å²) in [5, 5.41) is 9.84. The van der Waals surface area contributed by atoms with Crippen LogP contribution in [0.15, 0.2) is 0 Å². The first-order chi connectivity index (χ1) is 9.86. The number of rotatable bonds is 12. The molecule has 4 atom stereocenters. The summed E-state index contributed by atoms with van der Waals surface area (Å²) in [5.74, 6) is 0. The largest absolute Gasteiger partial charge is 0.393 e. The Morgan fingerprint density at radius 3 is 1.24 bits per heavy atom. The van der Waals surface area contributed by atoms with Gasteiger partial charge in [-0.05, 0) is 47.0 Å². The lowest BCUT2D eigenvalue weighted by atomic mass is 9.94. The molecule has 0 saturated heterocycles. The summed E-state index contributed by atoms with van der Waals surface area (Å²) in [4.78, 5) is 0. The number of aliphatic hydroxyl groups excluding tert-OH is 1. The monoisotopic (exact) mass is 300 g/mol. The number of nitrogens with zero attached hydrogens (tertiary/aromatic N) is 1. The normalized spacial score (nSPS) is 20.6. The molecule has 1 N–H and O–H groups in total. The Balaban J connectivity index is 5.44. The van der Waals surface area contributed by atoms with Gasteiger partial charge in [0.05, 0.1) is 30.8 Å². The molecular weight excluding hydrogens is 258 g/mol. The zero-order valence-corrected chi connectivity index (χ0v) is 15.9. The first kappa shape index (κ1) is 20.9. The molecule has 0 radical (unpaired) electrons. The Morgan fingerprint density at radius 1 is 0.667 bits per heavy atom. The van der Waals surface area contributed by atoms with Gasteiger partial charge in [-0.2, -0.15) is 0 Å². The quantitative estimate of drug-likeness (QED) is 0.495. The maximum atomic E-state index is 9.84. The van der Waals surface area contributed by atoms with E-state index in [4.69, 9.17) is 0 Å². The molecule has 128 valence electrons. The van der Waals surface area contributed by atoms with Crippen molar-refractivity contribution in [3.63, 3.8) is 0 Å². The van der Waals surface area contributed by atoms with E-state index in [1.165, 1.54) is 43.0 Å². The predicted molar refractivity (Wildman–Crippen MR) is 94.5 cm³/mol. The van der Waals surface area contributed by atoms with Gasteiger partial charge in [-0.15, -0.1) is 0 Å². The average Bonchev–Trinajstić information content (AvgIpc) is 2.40. The molecule has 0 fully saturated rings. The number of hydrogen-bond acceptors (Lipinski definition) is 1. The van der Waals surface area contributed by atoms with E-state index in [-0.39, 0.29) is 6.10 Å². The standard InChI is InChI=1S/C19H42NO/c1-8-11-16(4)20(15-14-19(7)21,17(5)12-9-2)18(6)13-10-3/h16-19,21H,8-15H2,1-7H3/q+1. The summed E-state index contributed by atoms with van der Waals surface area (Å²) in [5.41, 5.74) is 0. The van der Waals surface area contributed by atoms with Gasteiger partial charge < -0.3 is 9.59 Å². The minimum absolute atomic E-state index is 0.182. The highest BCUT2D eigenvalue weighted by molar-refractivity contribution is 4.68. The molecule has 0 aromatic rings. The molecule has 21 heavy (non-hydrogen) atoms. The van der Waals surface area contributed by atoms with E-state index in [0.717, 1.165) is 13.0 Å². The molecule has 0 aliphatic heterocycles. The summed E-state index contributed by atoms with van der Waals surface area (Å²) in [6.07, 6.45) is 8.40. The minimum atomic E-state index is -0.182. The van der Waals surface area contributed by atoms with Crippen molar-refractivity contribution in [1.82, 2.24) is 0 Å². The van der Waals surface area contributed by atoms with Crippen molar-refractivity contribution in [3.8, 4) is 0 Å². The van der Waals surface area contributed by atoms with Crippen LogP contribution >= 0.6 is 0 Å². The van der Waals surface area contributed by atoms with E-state index in [1.54, 1.807) is 0 Å². The molecule has 0 rings (SSSR count). The SMILES string of the molecule is CCCC(C)[N+](CCC(C)O)(C(C)CCC)C(C)CCC. The van der Waals surface area contributed by atoms with E-state index in [0.29, 0.717) is 18.1 Å². The van der Waals surface area contributed by atoms with Crippen LogP contribution in [0.5, 0.6) is 0 Å². The summed E-state index contributed by atoms with van der Waals surface area (Å²) in [7, 11) is 0. The molecular formula is C19H42NO+. The second kappa shape index (κ2) is 10.6. The topological polar surface area (TPSA) is 20.2 Å². The van der Waals surface area contributed by atoms with Gasteiger partial charge >= 0.3 is 0 Å². The summed E-state index contributed by atoms with van der Waals surface area (Å²) >= 11 is 0. The van der Waals surface area contributed by atoms with Crippen molar-refractivity contribution >= 4 is 0 Å². The Morgan fingerprint density at radius 2 is 1.00 bits per heavy atom. The van der Waals surface area contributed by atoms with Gasteiger partial charge in [-0.1, -0.05) is 40.0 Å². The first-order valence-corrected chi connectivity index (χ1v) is 9.41. The van der Waals surface area contributed by atoms with Gasteiger partial charge in [0.25, 0.3) is 0 Å². The highest BCUT2D eigenvalue weighted by Gasteiger charge is 2.42. The van der Waals surface area contributed by atoms with Gasteiger partial charge in [0.2, 0.25) is 0 Å². The predicted octanol–water partition coefficient (Wildman–Crippen LogP) is 5.14. The Bertz CT molecular complexity index is 221. The third kappa shape index (κ3) is 5.90. The molecule has 0 saturated carbocycles. The minimum Gasteiger partial charge on any atom is -0.393 e. The molecule has 0 amide bonds. The van der Waals surface area contributed by atoms with E-state index in [1.807, 2.05) is 6.92 Å². The fourth-order valence-corrected chi connectivity index (χ4v) is 4.35. The lowest BCUT2D eigenvalue weighted by Crippen LogP contribution is -2.65. The van der Waals surface area contributed by atoms with Crippen LogP contribution in [0.25, 0.3) is 0 Å². The molecule has 0 aliphatic carbocycles. The second-order valence-electron chi connectivity index (χ2n) is 7.27. The van der Waals surface area contributed by atoms with Gasteiger partial charge in [0.15, 0.2) is 0 Å². The van der Waals surface area contributed by atoms with E-state index in [9.17, 15) is 5.11 Å². The second-order valence-corrected chi connectivity index (χ2v) is 7.27. The smallest absolute Gasteiger partial charge is 0.0865 e. The highest BCUT2D eigenvalue weighted by Crippen LogP contribution is 2.32. The van der Waals surface area contributed by atoms with Crippen LogP contribution in [0.2, 0.25) is 0 Å². The van der Waals surface area contributed by atoms with Crippen molar-refractivity contribution in [3.05, 3.63) is 0 Å². The zero-order valence-electron chi connectivity index (χ0n) is 15.9. The third-order valence-electron chi connectivity index (χ3n) is 5.52. The molecule has 2 nitrogen and oxygen atoms in total. The highest BCUT2D eigenvalue weighted by atomic mass is 16.3. The van der Waals surface area contributed by atoms with E-state index in [2.05, 4.69) is 41.5 Å². The van der Waals surface area contributed by atoms with Crippen LogP contribution in [-0.4, -0.2) is 40.4 Å². The van der Waals surface area contributed by atoms with Crippen molar-refractivity contribution < 1.29 is 9.59 Å². The van der Waals surface area contributed by atoms with Gasteiger partial charge in [0, 0.05) is 6.42 Å². The van der Waals surface area contributed by atoms with Crippen molar-refractivity contribution in [1.29, 1.82) is 0 Å². The molecule has 0 bridgehead atoms. The summed E-state index contributed by atoms with van der Waals surface area (Å²) in [6.45, 7) is 17.3. The maximum absolute atomic E-state index is 9.84. The van der Waals surface area contributed by atoms with Crippen LogP contribution in [0.1, 0.15) is 93.4 Å². The zero-order chi connectivity index (χ0) is 16.5. The molecule has 0 aliphatic rings. The van der Waals surface area contributed by atoms with Crippen LogP contribution in [0.4, 0.5) is 0 Å². The number of aliphatic hydroxyl groups is 1. The van der Waals surface area contributed by atoms with Crippen LogP contribution < -0.4 is 0 Å². The lowest BCUT2D eigenvalue weighted by molar-refractivity contribution is -0.991. The molecule has 0 aromatic carbocycles. The van der Waals surface area contributed by atoms with E-state index >= 15 is 0 Å². The Hall–Kier alpha value is -0.0800. The lowest BCUT2D eigenvalue weighted by Gasteiger charge is -2.53. The molecule has 0 aromatic heterocycles. The first-order valence-electron chi connectivity index (χ1n) is 9.41. The van der Waals surface area contributed by atoms with Crippen molar-refractivity contribution in [2.75, 3.05) is 6.54 Å². The molecule has 4 unspecified atom stereocenters.